The zero-order valence-electron chi connectivity index (χ0n) is 24.2. The van der Waals surface area contributed by atoms with Crippen LogP contribution in [0.3, 0.4) is 0 Å². The average Bonchev–Trinajstić information content (AvgIpc) is 2.96. The van der Waals surface area contributed by atoms with Gasteiger partial charge in [0.25, 0.3) is 5.56 Å². The maximum Gasteiger partial charge on any atom is 0.266 e. The zero-order chi connectivity index (χ0) is 28.2. The second-order valence-corrected chi connectivity index (χ2v) is 9.93. The number of unbranched alkanes of at least 4 members (excludes halogenated alkanes) is 6. The highest BCUT2D eigenvalue weighted by Gasteiger charge is 2.26. The van der Waals surface area contributed by atoms with Gasteiger partial charge in [0.05, 0.1) is 36.9 Å². The summed E-state index contributed by atoms with van der Waals surface area (Å²) < 4.78 is 12.3. The van der Waals surface area contributed by atoms with Crippen LogP contribution in [0.2, 0.25) is 0 Å². The van der Waals surface area contributed by atoms with Crippen molar-refractivity contribution in [2.24, 2.45) is 0 Å². The van der Waals surface area contributed by atoms with Crippen molar-refractivity contribution in [2.75, 3.05) is 34.4 Å². The Bertz CT molecular complexity index is 1260. The predicted octanol–water partition coefficient (Wildman–Crippen LogP) is 5.65. The summed E-state index contributed by atoms with van der Waals surface area (Å²) in [5.41, 5.74) is 1.02. The van der Waals surface area contributed by atoms with E-state index in [4.69, 9.17) is 14.5 Å². The van der Waals surface area contributed by atoms with Crippen molar-refractivity contribution in [1.29, 1.82) is 0 Å². The van der Waals surface area contributed by atoms with Gasteiger partial charge in [0, 0.05) is 19.5 Å². The Kier molecular flexibility index (Phi) is 11.8. The molecule has 1 aromatic heterocycles. The van der Waals surface area contributed by atoms with Crippen LogP contribution >= 0.6 is 0 Å². The Hall–Kier alpha value is -3.39. The van der Waals surface area contributed by atoms with Gasteiger partial charge in [0.2, 0.25) is 5.91 Å². The molecule has 212 valence electrons. The first kappa shape index (κ1) is 30.2. The summed E-state index contributed by atoms with van der Waals surface area (Å²) >= 11 is 0. The molecule has 1 N–H and O–H groups in total. The zero-order valence-corrected chi connectivity index (χ0v) is 24.2. The lowest BCUT2D eigenvalue weighted by Gasteiger charge is -2.31. The Morgan fingerprint density at radius 1 is 0.974 bits per heavy atom. The third-order valence-corrected chi connectivity index (χ3v) is 7.19. The molecule has 1 heterocycles. The number of nitrogens with zero attached hydrogens (tertiary/aromatic N) is 3. The van der Waals surface area contributed by atoms with Crippen LogP contribution in [0.1, 0.15) is 77.1 Å². The van der Waals surface area contributed by atoms with Crippen molar-refractivity contribution in [3.63, 3.8) is 0 Å². The van der Waals surface area contributed by atoms with E-state index in [9.17, 15) is 9.59 Å². The van der Waals surface area contributed by atoms with E-state index in [2.05, 4.69) is 12.2 Å². The molecule has 3 rings (SSSR count). The molecule has 1 amide bonds. The molecule has 3 aromatic rings. The number of carbonyl (C=O) groups excluding carboxylic acids is 1. The quantitative estimate of drug-likeness (QED) is 0.238. The van der Waals surface area contributed by atoms with E-state index in [0.717, 1.165) is 19.3 Å². The molecule has 0 fully saturated rings. The molecule has 39 heavy (non-hydrogen) atoms. The monoisotopic (exact) mass is 536 g/mol. The fourth-order valence-corrected chi connectivity index (χ4v) is 4.85. The number of hydrogen-bond acceptors (Lipinski definition) is 6. The third kappa shape index (κ3) is 7.82. The lowest BCUT2D eigenvalue weighted by atomic mass is 10.1. The number of methoxy groups -OCH3 is 2. The summed E-state index contributed by atoms with van der Waals surface area (Å²) in [6.45, 7) is 5.33. The van der Waals surface area contributed by atoms with E-state index in [1.165, 1.54) is 25.7 Å². The van der Waals surface area contributed by atoms with Gasteiger partial charge in [0.15, 0.2) is 0 Å². The minimum atomic E-state index is -0.420. The maximum atomic E-state index is 13.9. The Morgan fingerprint density at radius 3 is 2.26 bits per heavy atom. The maximum absolute atomic E-state index is 13.9. The summed E-state index contributed by atoms with van der Waals surface area (Å²) in [5, 5.41) is 3.61. The van der Waals surface area contributed by atoms with Gasteiger partial charge in [-0.25, -0.2) is 4.98 Å². The fourth-order valence-electron chi connectivity index (χ4n) is 4.85. The molecule has 2 aromatic carbocycles. The van der Waals surface area contributed by atoms with E-state index in [1.807, 2.05) is 43.1 Å². The van der Waals surface area contributed by atoms with Crippen LogP contribution in [0.4, 0.5) is 0 Å². The van der Waals surface area contributed by atoms with Gasteiger partial charge in [0.1, 0.15) is 17.3 Å². The number of fused-ring (bicyclic) bond motifs is 1. The molecule has 0 radical (unpaired) electrons. The summed E-state index contributed by atoms with van der Waals surface area (Å²) in [5.74, 6) is 1.88. The van der Waals surface area contributed by atoms with Crippen LogP contribution < -0.4 is 20.3 Å². The number of nitrogens with one attached hydrogen (secondary N) is 1. The highest BCUT2D eigenvalue weighted by Crippen LogP contribution is 2.26. The van der Waals surface area contributed by atoms with Crippen molar-refractivity contribution in [1.82, 2.24) is 19.8 Å². The molecule has 1 atom stereocenters. The van der Waals surface area contributed by atoms with Crippen molar-refractivity contribution < 1.29 is 14.3 Å². The van der Waals surface area contributed by atoms with Gasteiger partial charge in [-0.3, -0.25) is 14.2 Å². The molecule has 0 bridgehead atoms. The summed E-state index contributed by atoms with van der Waals surface area (Å²) in [4.78, 5) is 34.2. The van der Waals surface area contributed by atoms with E-state index < -0.39 is 6.04 Å². The molecular weight excluding hydrogens is 492 g/mol. The van der Waals surface area contributed by atoms with Crippen LogP contribution in [0.15, 0.2) is 47.3 Å². The Balaban J connectivity index is 1.98. The molecule has 8 heteroatoms. The molecule has 1 unspecified atom stereocenters. The Labute approximate surface area is 232 Å². The molecule has 0 saturated carbocycles. The van der Waals surface area contributed by atoms with Gasteiger partial charge in [-0.2, -0.15) is 0 Å². The summed E-state index contributed by atoms with van der Waals surface area (Å²) in [7, 11) is 5.05. The van der Waals surface area contributed by atoms with Crippen molar-refractivity contribution in [2.45, 2.75) is 71.3 Å². The molecular formula is C31H44N4O4. The van der Waals surface area contributed by atoms with E-state index in [0.29, 0.717) is 53.4 Å². The van der Waals surface area contributed by atoms with Gasteiger partial charge in [-0.15, -0.1) is 0 Å². The van der Waals surface area contributed by atoms with E-state index in [1.54, 1.807) is 37.0 Å². The Morgan fingerprint density at radius 2 is 1.62 bits per heavy atom. The molecule has 0 aliphatic heterocycles. The smallest absolute Gasteiger partial charge is 0.266 e. The lowest BCUT2D eigenvalue weighted by Crippen LogP contribution is -2.40. The number of benzene rings is 2. The standard InChI is InChI=1S/C31H44N4O4/c1-6-7-8-9-10-11-12-13-29(36)34(21-20-32-3)23(2)30-33-28-19-18-26(39-5)22-27(28)31(37)35(30)24-14-16-25(38-4)17-15-24/h14-19,22-23,32H,6-13,20-21H2,1-5H3. The SMILES string of the molecule is CCCCCCCCCC(=O)N(CCNC)C(C)c1nc2ccc(OC)cc2c(=O)n1-c1ccc(OC)cc1. The topological polar surface area (TPSA) is 85.7 Å². The van der Waals surface area contributed by atoms with Crippen molar-refractivity contribution in [3.8, 4) is 17.2 Å². The number of aromatic nitrogens is 2. The molecule has 0 saturated heterocycles. The summed E-state index contributed by atoms with van der Waals surface area (Å²) in [6, 6.07) is 12.2. The van der Waals surface area contributed by atoms with Crippen LogP contribution in [0.5, 0.6) is 11.5 Å². The molecule has 8 nitrogen and oxygen atoms in total. The van der Waals surface area contributed by atoms with Crippen LogP contribution in [-0.4, -0.2) is 54.7 Å². The summed E-state index contributed by atoms with van der Waals surface area (Å²) in [6.07, 6.45) is 8.55. The van der Waals surface area contributed by atoms with Crippen molar-refractivity contribution >= 4 is 16.8 Å². The minimum Gasteiger partial charge on any atom is -0.497 e. The number of hydrogen-bond donors (Lipinski definition) is 1. The third-order valence-electron chi connectivity index (χ3n) is 7.19. The first-order chi connectivity index (χ1) is 18.9. The molecule has 0 aliphatic carbocycles. The van der Waals surface area contributed by atoms with Gasteiger partial charge in [-0.05, 0) is 62.9 Å². The number of carbonyl (C=O) groups is 1. The molecule has 0 spiro atoms. The first-order valence-electron chi connectivity index (χ1n) is 14.1. The van der Waals surface area contributed by atoms with Gasteiger partial charge in [-0.1, -0.05) is 45.4 Å². The second-order valence-electron chi connectivity index (χ2n) is 9.93. The van der Waals surface area contributed by atoms with Crippen LogP contribution in [-0.2, 0) is 4.79 Å². The number of amides is 1. The average molecular weight is 537 g/mol. The lowest BCUT2D eigenvalue weighted by molar-refractivity contribution is -0.133. The molecule has 0 aliphatic rings. The highest BCUT2D eigenvalue weighted by atomic mass is 16.5. The van der Waals surface area contributed by atoms with E-state index >= 15 is 0 Å². The highest BCUT2D eigenvalue weighted by molar-refractivity contribution is 5.80. The van der Waals surface area contributed by atoms with Crippen molar-refractivity contribution in [3.05, 3.63) is 58.6 Å². The predicted molar refractivity (Wildman–Crippen MR) is 157 cm³/mol. The first-order valence-corrected chi connectivity index (χ1v) is 14.1. The fraction of sp³-hybridized carbons (Fsp3) is 0.516. The van der Waals surface area contributed by atoms with E-state index in [-0.39, 0.29) is 11.5 Å². The second kappa shape index (κ2) is 15.3. The minimum absolute atomic E-state index is 0.0802. The van der Waals surface area contributed by atoms with Gasteiger partial charge >= 0.3 is 0 Å². The number of rotatable bonds is 16. The normalized spacial score (nSPS) is 11.9. The van der Waals surface area contributed by atoms with Gasteiger partial charge < -0.3 is 19.7 Å². The largest absolute Gasteiger partial charge is 0.497 e. The number of ether oxygens (including phenoxy) is 2. The van der Waals surface area contributed by atoms with Crippen LogP contribution in [0.25, 0.3) is 16.6 Å². The van der Waals surface area contributed by atoms with Crippen LogP contribution in [0, 0.1) is 0 Å². The number of likely N-dealkylation sites (N-methyl/N-ethyl adjacent to an activating group) is 1.